The van der Waals surface area contributed by atoms with Gasteiger partial charge >= 0.3 is 5.97 Å². The third-order valence-electron chi connectivity index (χ3n) is 2.96. The summed E-state index contributed by atoms with van der Waals surface area (Å²) in [6.07, 6.45) is 5.45. The molecule has 4 heteroatoms. The Kier molecular flexibility index (Phi) is 3.26. The molecule has 2 fully saturated rings. The maximum Gasteiger partial charge on any atom is 0.304 e. The van der Waals surface area contributed by atoms with E-state index in [2.05, 4.69) is 0 Å². The molecule has 1 unspecified atom stereocenters. The molecule has 2 atom stereocenters. The van der Waals surface area contributed by atoms with Crippen LogP contribution in [0.15, 0.2) is 0 Å². The standard InChI is InChI=1S/C11H18O4/c1-9(12)14-10-5-4-7-11(15-10)6-2-3-8-13-11/h10H,2-8H2,1H3/t10?,11-/m0/s1. The van der Waals surface area contributed by atoms with Crippen molar-refractivity contribution in [1.29, 1.82) is 0 Å². The van der Waals surface area contributed by atoms with Gasteiger partial charge in [-0.25, -0.2) is 0 Å². The van der Waals surface area contributed by atoms with E-state index >= 15 is 0 Å². The zero-order valence-electron chi connectivity index (χ0n) is 9.16. The summed E-state index contributed by atoms with van der Waals surface area (Å²) >= 11 is 0. The lowest BCUT2D eigenvalue weighted by atomic mass is 9.97. The maximum atomic E-state index is 10.8. The largest absolute Gasteiger partial charge is 0.436 e. The molecule has 0 aromatic heterocycles. The van der Waals surface area contributed by atoms with E-state index in [-0.39, 0.29) is 5.97 Å². The van der Waals surface area contributed by atoms with Crippen LogP contribution in [-0.4, -0.2) is 24.7 Å². The summed E-state index contributed by atoms with van der Waals surface area (Å²) in [5.41, 5.74) is 0. The van der Waals surface area contributed by atoms with Crippen molar-refractivity contribution in [2.75, 3.05) is 6.61 Å². The first-order valence-corrected chi connectivity index (χ1v) is 5.69. The number of hydrogen-bond acceptors (Lipinski definition) is 4. The summed E-state index contributed by atoms with van der Waals surface area (Å²) in [5, 5.41) is 0. The van der Waals surface area contributed by atoms with Gasteiger partial charge in [-0.05, 0) is 19.3 Å². The molecule has 0 amide bonds. The van der Waals surface area contributed by atoms with Crippen LogP contribution < -0.4 is 0 Å². The molecular weight excluding hydrogens is 196 g/mol. The van der Waals surface area contributed by atoms with Crippen LogP contribution >= 0.6 is 0 Å². The van der Waals surface area contributed by atoms with Gasteiger partial charge in [-0.15, -0.1) is 0 Å². The fourth-order valence-electron chi connectivity index (χ4n) is 2.28. The summed E-state index contributed by atoms with van der Waals surface area (Å²) in [6, 6.07) is 0. The molecule has 0 N–H and O–H groups in total. The van der Waals surface area contributed by atoms with Crippen LogP contribution in [0.4, 0.5) is 0 Å². The van der Waals surface area contributed by atoms with E-state index in [1.165, 1.54) is 6.92 Å². The van der Waals surface area contributed by atoms with Crippen molar-refractivity contribution in [2.24, 2.45) is 0 Å². The summed E-state index contributed by atoms with van der Waals surface area (Å²) < 4.78 is 16.5. The Bertz CT molecular complexity index is 227. The Morgan fingerprint density at radius 3 is 2.80 bits per heavy atom. The Labute approximate surface area is 89.9 Å². The topological polar surface area (TPSA) is 44.8 Å². The zero-order chi connectivity index (χ0) is 10.7. The van der Waals surface area contributed by atoms with E-state index in [4.69, 9.17) is 14.2 Å². The van der Waals surface area contributed by atoms with E-state index < -0.39 is 12.1 Å². The SMILES string of the molecule is CC(=O)OC1CCC[C@]2(CCCCO2)O1. The minimum absolute atomic E-state index is 0.284. The quantitative estimate of drug-likeness (QED) is 0.626. The molecule has 2 rings (SSSR count). The van der Waals surface area contributed by atoms with Crippen LogP contribution in [0.2, 0.25) is 0 Å². The minimum Gasteiger partial charge on any atom is -0.436 e. The molecule has 4 nitrogen and oxygen atoms in total. The Balaban J connectivity index is 1.93. The first kappa shape index (κ1) is 10.9. The highest BCUT2D eigenvalue weighted by Gasteiger charge is 2.40. The summed E-state index contributed by atoms with van der Waals surface area (Å²) in [5.74, 6) is -0.746. The van der Waals surface area contributed by atoms with E-state index in [0.717, 1.165) is 45.1 Å². The van der Waals surface area contributed by atoms with Gasteiger partial charge in [-0.2, -0.15) is 0 Å². The Hall–Kier alpha value is -0.610. The first-order valence-electron chi connectivity index (χ1n) is 5.69. The van der Waals surface area contributed by atoms with Gasteiger partial charge in [0.1, 0.15) is 0 Å². The molecule has 0 aliphatic carbocycles. The molecular formula is C11H18O4. The number of ether oxygens (including phenoxy) is 3. The van der Waals surface area contributed by atoms with E-state index in [1.807, 2.05) is 0 Å². The van der Waals surface area contributed by atoms with Crippen LogP contribution in [0, 0.1) is 0 Å². The molecule has 0 aromatic carbocycles. The van der Waals surface area contributed by atoms with Gasteiger partial charge in [0.25, 0.3) is 0 Å². The highest BCUT2D eigenvalue weighted by molar-refractivity contribution is 5.66. The second kappa shape index (κ2) is 4.49. The van der Waals surface area contributed by atoms with Crippen molar-refractivity contribution in [1.82, 2.24) is 0 Å². The smallest absolute Gasteiger partial charge is 0.304 e. The molecule has 1 spiro atoms. The van der Waals surface area contributed by atoms with Crippen molar-refractivity contribution in [2.45, 2.75) is 57.5 Å². The number of rotatable bonds is 1. The molecule has 86 valence electrons. The summed E-state index contributed by atoms with van der Waals surface area (Å²) in [6.45, 7) is 2.17. The predicted molar refractivity (Wildman–Crippen MR) is 53.0 cm³/mol. The average molecular weight is 214 g/mol. The van der Waals surface area contributed by atoms with Gasteiger partial charge in [0, 0.05) is 26.2 Å². The highest BCUT2D eigenvalue weighted by Crippen LogP contribution is 2.37. The molecule has 0 bridgehead atoms. The lowest BCUT2D eigenvalue weighted by Gasteiger charge is -2.42. The predicted octanol–water partition coefficient (Wildman–Crippen LogP) is 1.97. The minimum atomic E-state index is -0.462. The normalized spacial score (nSPS) is 36.5. The molecule has 15 heavy (non-hydrogen) atoms. The fourth-order valence-corrected chi connectivity index (χ4v) is 2.28. The Morgan fingerprint density at radius 2 is 2.13 bits per heavy atom. The molecule has 2 saturated heterocycles. The molecule has 2 aliphatic rings. The van der Waals surface area contributed by atoms with Crippen molar-refractivity contribution >= 4 is 5.97 Å². The summed E-state index contributed by atoms with van der Waals surface area (Å²) in [7, 11) is 0. The number of esters is 1. The van der Waals surface area contributed by atoms with Crippen LogP contribution in [0.5, 0.6) is 0 Å². The van der Waals surface area contributed by atoms with Gasteiger partial charge in [-0.1, -0.05) is 0 Å². The van der Waals surface area contributed by atoms with E-state index in [0.29, 0.717) is 0 Å². The van der Waals surface area contributed by atoms with E-state index in [9.17, 15) is 4.79 Å². The monoisotopic (exact) mass is 214 g/mol. The molecule has 0 radical (unpaired) electrons. The van der Waals surface area contributed by atoms with Gasteiger partial charge in [0.15, 0.2) is 5.79 Å². The van der Waals surface area contributed by atoms with E-state index in [1.54, 1.807) is 0 Å². The van der Waals surface area contributed by atoms with Crippen molar-refractivity contribution in [3.05, 3.63) is 0 Å². The number of hydrogen-bond donors (Lipinski definition) is 0. The van der Waals surface area contributed by atoms with Crippen LogP contribution in [-0.2, 0) is 19.0 Å². The lowest BCUT2D eigenvalue weighted by molar-refractivity contribution is -0.334. The van der Waals surface area contributed by atoms with Crippen molar-refractivity contribution < 1.29 is 19.0 Å². The number of carbonyl (C=O) groups excluding carboxylic acids is 1. The molecule has 2 heterocycles. The maximum absolute atomic E-state index is 10.8. The first-order chi connectivity index (χ1) is 7.20. The van der Waals surface area contributed by atoms with Crippen molar-refractivity contribution in [3.8, 4) is 0 Å². The lowest BCUT2D eigenvalue weighted by Crippen LogP contribution is -2.46. The van der Waals surface area contributed by atoms with Crippen LogP contribution in [0.25, 0.3) is 0 Å². The van der Waals surface area contributed by atoms with Gasteiger partial charge in [0.05, 0.1) is 6.61 Å². The average Bonchev–Trinajstić information content (AvgIpc) is 2.17. The van der Waals surface area contributed by atoms with Crippen molar-refractivity contribution in [3.63, 3.8) is 0 Å². The third-order valence-corrected chi connectivity index (χ3v) is 2.96. The van der Waals surface area contributed by atoms with Crippen LogP contribution in [0.1, 0.15) is 45.4 Å². The fraction of sp³-hybridized carbons (Fsp3) is 0.909. The zero-order valence-corrected chi connectivity index (χ0v) is 9.16. The van der Waals surface area contributed by atoms with Gasteiger partial charge in [-0.3, -0.25) is 4.79 Å². The highest BCUT2D eigenvalue weighted by atomic mass is 16.8. The number of carbonyl (C=O) groups is 1. The second-order valence-electron chi connectivity index (χ2n) is 4.27. The molecule has 2 aliphatic heterocycles. The molecule has 0 aromatic rings. The van der Waals surface area contributed by atoms with Gasteiger partial charge < -0.3 is 14.2 Å². The molecule has 0 saturated carbocycles. The van der Waals surface area contributed by atoms with Crippen LogP contribution in [0.3, 0.4) is 0 Å². The Morgan fingerprint density at radius 1 is 1.33 bits per heavy atom. The second-order valence-corrected chi connectivity index (χ2v) is 4.27. The summed E-state index contributed by atoms with van der Waals surface area (Å²) in [4.78, 5) is 10.8. The van der Waals surface area contributed by atoms with Gasteiger partial charge in [0.2, 0.25) is 6.29 Å². The third kappa shape index (κ3) is 2.69.